The van der Waals surface area contributed by atoms with E-state index < -0.39 is 11.9 Å². The number of benzene rings is 1. The molecule has 0 saturated carbocycles. The van der Waals surface area contributed by atoms with Crippen LogP contribution in [0, 0.1) is 0 Å². The van der Waals surface area contributed by atoms with Gasteiger partial charge in [-0.2, -0.15) is 0 Å². The fraction of sp³-hybridized carbons (Fsp3) is 0. The number of hydrogen-bond acceptors (Lipinski definition) is 6. The number of nitrogens with two attached hydrogens (primary N) is 1. The molecule has 0 aliphatic heterocycles. The van der Waals surface area contributed by atoms with E-state index in [0.29, 0.717) is 0 Å². The van der Waals surface area contributed by atoms with Gasteiger partial charge in [0.05, 0.1) is 16.3 Å². The highest BCUT2D eigenvalue weighted by atomic mass is 35.5. The standard InChI is InChI=1S/C10H7ClN4O4/c11-5-3-4(10(17)18)1-2-6(5)13-9(16)7-8(12)15-19-14-7/h1-3H,(H2,12,15)(H,13,16)(H,17,18). The molecule has 1 aromatic heterocycles. The number of carbonyl (C=O) groups is 2. The summed E-state index contributed by atoms with van der Waals surface area (Å²) in [6.07, 6.45) is 0. The van der Waals surface area contributed by atoms with E-state index in [-0.39, 0.29) is 27.8 Å². The van der Waals surface area contributed by atoms with Gasteiger partial charge in [0.25, 0.3) is 5.91 Å². The third kappa shape index (κ3) is 2.63. The zero-order valence-electron chi connectivity index (χ0n) is 9.25. The van der Waals surface area contributed by atoms with Gasteiger partial charge in [-0.1, -0.05) is 11.6 Å². The maximum absolute atomic E-state index is 11.7. The molecule has 19 heavy (non-hydrogen) atoms. The van der Waals surface area contributed by atoms with Gasteiger partial charge in [0.1, 0.15) is 0 Å². The lowest BCUT2D eigenvalue weighted by atomic mass is 10.2. The topological polar surface area (TPSA) is 131 Å². The van der Waals surface area contributed by atoms with Gasteiger partial charge >= 0.3 is 5.97 Å². The Balaban J connectivity index is 2.23. The molecule has 0 fully saturated rings. The summed E-state index contributed by atoms with van der Waals surface area (Å²) in [6, 6.07) is 3.87. The molecule has 0 spiro atoms. The van der Waals surface area contributed by atoms with Gasteiger partial charge in [0, 0.05) is 0 Å². The molecule has 0 saturated heterocycles. The molecule has 0 atom stereocenters. The first-order valence-corrected chi connectivity index (χ1v) is 5.29. The highest BCUT2D eigenvalue weighted by Gasteiger charge is 2.17. The first-order chi connectivity index (χ1) is 8.99. The Labute approximate surface area is 111 Å². The maximum Gasteiger partial charge on any atom is 0.335 e. The first-order valence-electron chi connectivity index (χ1n) is 4.91. The number of nitrogens with zero attached hydrogens (tertiary/aromatic N) is 2. The molecule has 8 nitrogen and oxygen atoms in total. The quantitative estimate of drug-likeness (QED) is 0.772. The monoisotopic (exact) mass is 282 g/mol. The lowest BCUT2D eigenvalue weighted by Crippen LogP contribution is -2.14. The van der Waals surface area contributed by atoms with E-state index in [1.54, 1.807) is 0 Å². The van der Waals surface area contributed by atoms with Gasteiger partial charge in [-0.25, -0.2) is 9.42 Å². The number of aromatic nitrogens is 2. The van der Waals surface area contributed by atoms with Crippen molar-refractivity contribution >= 4 is 35.0 Å². The number of nitrogens with one attached hydrogen (secondary N) is 1. The number of aromatic carboxylic acids is 1. The molecule has 1 amide bonds. The Morgan fingerprint density at radius 3 is 2.63 bits per heavy atom. The van der Waals surface area contributed by atoms with Crippen LogP contribution in [0.4, 0.5) is 11.5 Å². The number of anilines is 2. The summed E-state index contributed by atoms with van der Waals surface area (Å²) in [6.45, 7) is 0. The van der Waals surface area contributed by atoms with Crippen LogP contribution in [-0.2, 0) is 0 Å². The normalized spacial score (nSPS) is 10.2. The van der Waals surface area contributed by atoms with Crippen LogP contribution in [-0.4, -0.2) is 27.3 Å². The zero-order valence-corrected chi connectivity index (χ0v) is 10.0. The molecule has 2 rings (SSSR count). The minimum Gasteiger partial charge on any atom is -0.478 e. The van der Waals surface area contributed by atoms with Gasteiger partial charge < -0.3 is 16.2 Å². The number of carboxylic acid groups (broad SMARTS) is 1. The van der Waals surface area contributed by atoms with Crippen molar-refractivity contribution in [3.05, 3.63) is 34.5 Å². The lowest BCUT2D eigenvalue weighted by Gasteiger charge is -2.06. The van der Waals surface area contributed by atoms with E-state index in [0.717, 1.165) is 0 Å². The van der Waals surface area contributed by atoms with Gasteiger partial charge in [-0.15, -0.1) is 0 Å². The molecule has 1 heterocycles. The fourth-order valence-corrected chi connectivity index (χ4v) is 1.51. The summed E-state index contributed by atoms with van der Waals surface area (Å²) in [5.41, 5.74) is 5.40. The molecule has 1 aromatic carbocycles. The van der Waals surface area contributed by atoms with Crippen molar-refractivity contribution in [3.63, 3.8) is 0 Å². The Bertz CT molecular complexity index is 655. The predicted octanol–water partition coefficient (Wildman–Crippen LogP) is 1.26. The largest absolute Gasteiger partial charge is 0.478 e. The van der Waals surface area contributed by atoms with Crippen LogP contribution in [0.15, 0.2) is 22.8 Å². The third-order valence-electron chi connectivity index (χ3n) is 2.19. The van der Waals surface area contributed by atoms with Crippen LogP contribution in [0.1, 0.15) is 20.8 Å². The average Bonchev–Trinajstić information content (AvgIpc) is 2.77. The van der Waals surface area contributed by atoms with Crippen molar-refractivity contribution < 1.29 is 19.3 Å². The Morgan fingerprint density at radius 1 is 1.37 bits per heavy atom. The smallest absolute Gasteiger partial charge is 0.335 e. The second kappa shape index (κ2) is 4.94. The second-order valence-corrected chi connectivity index (χ2v) is 3.86. The van der Waals surface area contributed by atoms with Crippen LogP contribution < -0.4 is 11.1 Å². The number of rotatable bonds is 3. The minimum absolute atomic E-state index is 0.00520. The van der Waals surface area contributed by atoms with Gasteiger partial charge in [-0.3, -0.25) is 4.79 Å². The number of hydrogen-bond donors (Lipinski definition) is 3. The minimum atomic E-state index is -1.12. The van der Waals surface area contributed by atoms with Crippen LogP contribution >= 0.6 is 11.6 Å². The van der Waals surface area contributed by atoms with E-state index in [2.05, 4.69) is 20.3 Å². The van der Waals surface area contributed by atoms with E-state index in [1.165, 1.54) is 18.2 Å². The number of carboxylic acids is 1. The molecular weight excluding hydrogens is 276 g/mol. The summed E-state index contributed by atoms with van der Waals surface area (Å²) in [4.78, 5) is 22.5. The lowest BCUT2D eigenvalue weighted by molar-refractivity contribution is 0.0696. The Hall–Kier alpha value is -2.61. The Kier molecular flexibility index (Phi) is 3.34. The van der Waals surface area contributed by atoms with Gasteiger partial charge in [0.15, 0.2) is 0 Å². The number of nitrogen functional groups attached to an aromatic ring is 1. The second-order valence-electron chi connectivity index (χ2n) is 3.45. The van der Waals surface area contributed by atoms with E-state index in [4.69, 9.17) is 22.4 Å². The molecule has 0 aliphatic carbocycles. The summed E-state index contributed by atoms with van der Waals surface area (Å²) in [5.74, 6) is -1.94. The van der Waals surface area contributed by atoms with Crippen LogP contribution in [0.3, 0.4) is 0 Å². The van der Waals surface area contributed by atoms with Crippen LogP contribution in [0.5, 0.6) is 0 Å². The predicted molar refractivity (Wildman–Crippen MR) is 65.1 cm³/mol. The van der Waals surface area contributed by atoms with E-state index >= 15 is 0 Å². The summed E-state index contributed by atoms with van der Waals surface area (Å²) in [5, 5.41) is 17.8. The highest BCUT2D eigenvalue weighted by Crippen LogP contribution is 2.24. The first kappa shape index (κ1) is 12.8. The van der Waals surface area contributed by atoms with E-state index in [9.17, 15) is 9.59 Å². The number of carbonyl (C=O) groups excluding carboxylic acids is 1. The SMILES string of the molecule is Nc1nonc1C(=O)Nc1ccc(C(=O)O)cc1Cl. The zero-order chi connectivity index (χ0) is 14.0. The van der Waals surface area contributed by atoms with Crippen molar-refractivity contribution in [1.29, 1.82) is 0 Å². The number of halogens is 1. The number of amides is 1. The fourth-order valence-electron chi connectivity index (χ4n) is 1.28. The van der Waals surface area contributed by atoms with Crippen molar-refractivity contribution in [2.45, 2.75) is 0 Å². The van der Waals surface area contributed by atoms with Crippen LogP contribution in [0.25, 0.3) is 0 Å². The molecule has 0 aliphatic rings. The van der Waals surface area contributed by atoms with E-state index in [1.807, 2.05) is 0 Å². The maximum atomic E-state index is 11.7. The molecule has 2 aromatic rings. The van der Waals surface area contributed by atoms with Crippen LogP contribution in [0.2, 0.25) is 5.02 Å². The van der Waals surface area contributed by atoms with Crippen molar-refractivity contribution in [1.82, 2.24) is 10.3 Å². The summed E-state index contributed by atoms with van der Waals surface area (Å²) >= 11 is 5.85. The van der Waals surface area contributed by atoms with Crippen molar-refractivity contribution in [3.8, 4) is 0 Å². The highest BCUT2D eigenvalue weighted by molar-refractivity contribution is 6.34. The summed E-state index contributed by atoms with van der Waals surface area (Å²) < 4.78 is 4.29. The molecule has 4 N–H and O–H groups in total. The third-order valence-corrected chi connectivity index (χ3v) is 2.51. The summed E-state index contributed by atoms with van der Waals surface area (Å²) in [7, 11) is 0. The molecule has 0 bridgehead atoms. The Morgan fingerprint density at radius 2 is 2.11 bits per heavy atom. The molecule has 0 unspecified atom stereocenters. The molecule has 9 heteroatoms. The molecule has 0 radical (unpaired) electrons. The van der Waals surface area contributed by atoms with Crippen molar-refractivity contribution in [2.24, 2.45) is 0 Å². The average molecular weight is 283 g/mol. The van der Waals surface area contributed by atoms with Crippen molar-refractivity contribution in [2.75, 3.05) is 11.1 Å². The van der Waals surface area contributed by atoms with Gasteiger partial charge in [-0.05, 0) is 28.5 Å². The van der Waals surface area contributed by atoms with Gasteiger partial charge in [0.2, 0.25) is 11.5 Å². The molecule has 98 valence electrons. The molecular formula is C10H7ClN4O4.